The summed E-state index contributed by atoms with van der Waals surface area (Å²) >= 11 is 0. The average molecular weight is 725 g/mol. The van der Waals surface area contributed by atoms with Crippen molar-refractivity contribution >= 4 is 5.78 Å². The number of carbonyl (C=O) groups excluding carboxylic acids is 1. The molecule has 7 heteroatoms. The molecule has 0 saturated heterocycles. The van der Waals surface area contributed by atoms with Crippen molar-refractivity contribution in [2.24, 2.45) is 34.6 Å². The van der Waals surface area contributed by atoms with Gasteiger partial charge in [-0.05, 0) is 112 Å². The maximum absolute atomic E-state index is 14.7. The van der Waals surface area contributed by atoms with E-state index in [9.17, 15) is 20.1 Å². The number of Topliss-reactive ketones (excluding diaryl/α,β-unsaturated/α-hetero) is 1. The minimum Gasteiger partial charge on any atom is -0.396 e. The molecule has 1 aromatic rings. The normalized spacial score (nSPS) is 32.8. The zero-order valence-electron chi connectivity index (χ0n) is 32.3. The Balaban J connectivity index is 1.55. The molecule has 5 rings (SSSR count). The molecule has 0 aromatic heterocycles. The molecule has 7 N–H and O–H groups in total. The summed E-state index contributed by atoms with van der Waals surface area (Å²) in [7, 11) is 0. The number of ether oxygens (including phenoxy) is 1. The number of rotatable bonds is 9. The molecule has 288 valence electrons. The van der Waals surface area contributed by atoms with Crippen LogP contribution in [0.5, 0.6) is 0 Å². The summed E-state index contributed by atoms with van der Waals surface area (Å²) < 4.78 is 6.12. The van der Waals surface area contributed by atoms with Crippen LogP contribution in [0.25, 0.3) is 0 Å². The Morgan fingerprint density at radius 2 is 1.91 bits per heavy atom. The number of hydrogen-bond acceptors (Lipinski definition) is 7. The molecular formula is C46H64N2O5. The molecular weight excluding hydrogens is 661 g/mol. The number of ketones is 1. The van der Waals surface area contributed by atoms with Crippen molar-refractivity contribution in [2.45, 2.75) is 128 Å². The fraction of sp³-hybridized carbons (Fsp3) is 0.587. The maximum atomic E-state index is 14.7. The van der Waals surface area contributed by atoms with Gasteiger partial charge in [0, 0.05) is 30.8 Å². The molecule has 3 aliphatic carbocycles. The molecule has 5 atom stereocenters. The van der Waals surface area contributed by atoms with Gasteiger partial charge in [0.15, 0.2) is 5.78 Å². The Bertz CT molecular complexity index is 1630. The van der Waals surface area contributed by atoms with Crippen LogP contribution in [-0.2, 0) is 16.0 Å². The van der Waals surface area contributed by atoms with Gasteiger partial charge in [-0.3, -0.25) is 4.79 Å². The summed E-state index contributed by atoms with van der Waals surface area (Å²) in [6.07, 6.45) is 18.2. The molecule has 0 radical (unpaired) electrons. The number of aliphatic hydroxyl groups is 3. The molecule has 1 heterocycles. The lowest BCUT2D eigenvalue weighted by Gasteiger charge is -2.56. The van der Waals surface area contributed by atoms with Crippen LogP contribution in [-0.4, -0.2) is 52.6 Å². The van der Waals surface area contributed by atoms with Crippen molar-refractivity contribution in [3.8, 4) is 11.8 Å². The second kappa shape index (κ2) is 19.0. The van der Waals surface area contributed by atoms with Crippen molar-refractivity contribution in [1.82, 2.24) is 0 Å². The zero-order chi connectivity index (χ0) is 38.0. The molecule has 0 unspecified atom stereocenters. The van der Waals surface area contributed by atoms with Crippen LogP contribution in [0.3, 0.4) is 0 Å². The summed E-state index contributed by atoms with van der Waals surface area (Å²) in [6.45, 7) is 8.87. The lowest BCUT2D eigenvalue weighted by atomic mass is 9.52. The minimum atomic E-state index is -1.18. The third kappa shape index (κ3) is 9.78. The standard InChI is InChI=1S/C46H64N2O5/c1-32-13-7-8-28-53-31-37(21-10-16-33(2)15-9-14-32)38-24-26-46(43(38)51)40(22-12-27-49)39(23-25-45(46,3)52)42(35-18-5-4-6-19-35)41(50)30-34-17-11-20-36(29-34)44(47)48/h10-11,14,16-17,20-21,29,35,38,40,43-44,49,51-52H,2,4-6,9,12-13,15,18-19,22-28,30-31,47-48H2,1,3H3/b16-10+,32-14-,37-21+,42-39+/t38-,40-,43-,45-,46-/m1/s1. The fourth-order valence-electron chi connectivity index (χ4n) is 9.91. The second-order valence-electron chi connectivity index (χ2n) is 16.3. The monoisotopic (exact) mass is 724 g/mol. The lowest BCUT2D eigenvalue weighted by Crippen LogP contribution is -2.59. The first-order chi connectivity index (χ1) is 25.5. The van der Waals surface area contributed by atoms with Crippen LogP contribution < -0.4 is 11.5 Å². The van der Waals surface area contributed by atoms with E-state index in [-0.39, 0.29) is 36.6 Å². The van der Waals surface area contributed by atoms with Gasteiger partial charge in [-0.15, -0.1) is 0 Å². The van der Waals surface area contributed by atoms with E-state index in [1.807, 2.05) is 43.3 Å². The van der Waals surface area contributed by atoms with Gasteiger partial charge in [0.1, 0.15) is 6.61 Å². The predicted molar refractivity (Wildman–Crippen MR) is 213 cm³/mol. The van der Waals surface area contributed by atoms with Gasteiger partial charge < -0.3 is 31.5 Å². The van der Waals surface area contributed by atoms with Crippen LogP contribution in [0, 0.1) is 35.0 Å². The highest BCUT2D eigenvalue weighted by Crippen LogP contribution is 2.63. The van der Waals surface area contributed by atoms with Gasteiger partial charge in [-0.1, -0.05) is 103 Å². The highest BCUT2D eigenvalue weighted by atomic mass is 16.5. The van der Waals surface area contributed by atoms with E-state index in [4.69, 9.17) is 16.2 Å². The fourth-order valence-corrected chi connectivity index (χ4v) is 9.91. The molecule has 1 aliphatic heterocycles. The third-order valence-corrected chi connectivity index (χ3v) is 12.7. The first-order valence-electron chi connectivity index (χ1n) is 20.1. The molecule has 53 heavy (non-hydrogen) atoms. The Kier molecular flexibility index (Phi) is 14.7. The molecule has 1 aromatic carbocycles. The summed E-state index contributed by atoms with van der Waals surface area (Å²) in [4.78, 5) is 14.7. The Morgan fingerprint density at radius 1 is 1.11 bits per heavy atom. The van der Waals surface area contributed by atoms with E-state index in [0.29, 0.717) is 58.2 Å². The molecule has 3 fully saturated rings. The van der Waals surface area contributed by atoms with Crippen molar-refractivity contribution in [3.63, 3.8) is 0 Å². The molecule has 0 bridgehead atoms. The average Bonchev–Trinajstić information content (AvgIpc) is 3.47. The van der Waals surface area contributed by atoms with Crippen molar-refractivity contribution in [1.29, 1.82) is 0 Å². The Hall–Kier alpha value is -3.09. The van der Waals surface area contributed by atoms with E-state index < -0.39 is 23.3 Å². The third-order valence-electron chi connectivity index (χ3n) is 12.7. The smallest absolute Gasteiger partial charge is 0.163 e. The van der Waals surface area contributed by atoms with E-state index in [1.54, 1.807) is 0 Å². The first-order valence-corrected chi connectivity index (χ1v) is 20.1. The Labute approximate surface area is 318 Å². The topological polar surface area (TPSA) is 139 Å². The predicted octanol–water partition coefficient (Wildman–Crippen LogP) is 7.47. The molecule has 3 saturated carbocycles. The summed E-state index contributed by atoms with van der Waals surface area (Å²) in [5.74, 6) is 6.10. The van der Waals surface area contributed by atoms with Gasteiger partial charge >= 0.3 is 0 Å². The molecule has 1 spiro atoms. The number of carbonyl (C=O) groups is 1. The van der Waals surface area contributed by atoms with Gasteiger partial charge in [0.05, 0.1) is 24.5 Å². The van der Waals surface area contributed by atoms with E-state index in [0.717, 1.165) is 78.4 Å². The summed E-state index contributed by atoms with van der Waals surface area (Å²) in [5, 5.41) is 35.4. The maximum Gasteiger partial charge on any atom is 0.163 e. The number of hydrogen-bond donors (Lipinski definition) is 5. The van der Waals surface area contributed by atoms with E-state index in [2.05, 4.69) is 37.5 Å². The zero-order valence-corrected chi connectivity index (χ0v) is 32.3. The molecule has 0 amide bonds. The van der Waals surface area contributed by atoms with E-state index in [1.165, 1.54) is 5.57 Å². The SMILES string of the molecule is C=C1/C=C/C=C(/[C@H]2CC[C@@]3([C@H](CCCO)/C(=C(/C(=O)Cc4cccc(C(N)N)c4)C4CCCCC4)CC[C@@]3(C)O)[C@@H]2O)COCC#CC/C(C)=C\CC1. The van der Waals surface area contributed by atoms with Crippen molar-refractivity contribution in [3.05, 3.63) is 94.1 Å². The molecule has 7 nitrogen and oxygen atoms in total. The van der Waals surface area contributed by atoms with Crippen LogP contribution in [0.4, 0.5) is 0 Å². The summed E-state index contributed by atoms with van der Waals surface area (Å²) in [6, 6.07) is 7.69. The number of allylic oxidation sites excluding steroid dienone is 8. The lowest BCUT2D eigenvalue weighted by molar-refractivity contribution is -0.168. The molecule has 4 aliphatic rings. The first kappa shape index (κ1) is 41.1. The Morgan fingerprint density at radius 3 is 2.66 bits per heavy atom. The number of aliphatic hydroxyl groups excluding tert-OH is 2. The second-order valence-corrected chi connectivity index (χ2v) is 16.3. The van der Waals surface area contributed by atoms with Crippen LogP contribution in [0.15, 0.2) is 83.0 Å². The van der Waals surface area contributed by atoms with Gasteiger partial charge in [-0.25, -0.2) is 0 Å². The van der Waals surface area contributed by atoms with Crippen molar-refractivity contribution in [2.75, 3.05) is 19.8 Å². The summed E-state index contributed by atoms with van der Waals surface area (Å²) in [5.41, 5.74) is 16.8. The largest absolute Gasteiger partial charge is 0.396 e. The number of benzene rings is 1. The highest BCUT2D eigenvalue weighted by molar-refractivity contribution is 5.98. The minimum absolute atomic E-state index is 0.00409. The highest BCUT2D eigenvalue weighted by Gasteiger charge is 2.64. The van der Waals surface area contributed by atoms with Crippen LogP contribution in [0.1, 0.15) is 121 Å². The van der Waals surface area contributed by atoms with Crippen LogP contribution in [0.2, 0.25) is 0 Å². The van der Waals surface area contributed by atoms with Gasteiger partial charge in [-0.2, -0.15) is 0 Å². The quantitative estimate of drug-likeness (QED) is 0.0771. The van der Waals surface area contributed by atoms with Crippen molar-refractivity contribution < 1.29 is 24.9 Å². The number of nitrogens with two attached hydrogens (primary N) is 2. The van der Waals surface area contributed by atoms with Crippen LogP contribution >= 0.6 is 0 Å². The van der Waals surface area contributed by atoms with Gasteiger partial charge in [0.25, 0.3) is 0 Å². The van der Waals surface area contributed by atoms with E-state index >= 15 is 0 Å². The van der Waals surface area contributed by atoms with Gasteiger partial charge in [0.2, 0.25) is 0 Å².